The van der Waals surface area contributed by atoms with Crippen molar-refractivity contribution in [3.8, 4) is 0 Å². The summed E-state index contributed by atoms with van der Waals surface area (Å²) >= 11 is 0. The summed E-state index contributed by atoms with van der Waals surface area (Å²) in [5.41, 5.74) is -0.00299. The number of carbonyl (C=O) groups is 1. The number of aromatic nitrogens is 1. The summed E-state index contributed by atoms with van der Waals surface area (Å²) in [6.45, 7) is 6.19. The number of hydrogen-bond donors (Lipinski definition) is 2. The molecule has 0 aliphatic rings. The zero-order valence-electron chi connectivity index (χ0n) is 12.1. The van der Waals surface area contributed by atoms with Crippen molar-refractivity contribution in [3.05, 3.63) is 18.0 Å². The van der Waals surface area contributed by atoms with Crippen molar-refractivity contribution in [2.45, 2.75) is 57.5 Å². The second kappa shape index (κ2) is 6.90. The van der Waals surface area contributed by atoms with Crippen LogP contribution in [0.3, 0.4) is 0 Å². The third-order valence-corrected chi connectivity index (χ3v) is 4.66. The van der Waals surface area contributed by atoms with Gasteiger partial charge in [-0.05, 0) is 25.3 Å². The first-order valence-electron chi connectivity index (χ1n) is 6.81. The Labute approximate surface area is 119 Å². The van der Waals surface area contributed by atoms with Crippen LogP contribution in [0.2, 0.25) is 0 Å². The number of nitrogens with one attached hydrogen (secondary N) is 1. The molecular weight excluding hydrogens is 280 g/mol. The molecule has 6 nitrogen and oxygen atoms in total. The number of carboxylic acids is 1. The van der Waals surface area contributed by atoms with Crippen LogP contribution in [0.5, 0.6) is 0 Å². The van der Waals surface area contributed by atoms with E-state index in [0.717, 1.165) is 6.42 Å². The Hall–Kier alpha value is -1.34. The smallest absolute Gasteiger partial charge is 0.352 e. The Balaban J connectivity index is 3.12. The molecule has 1 rings (SSSR count). The Kier molecular flexibility index (Phi) is 5.76. The molecule has 0 saturated carbocycles. The third-order valence-electron chi connectivity index (χ3n) is 3.17. The summed E-state index contributed by atoms with van der Waals surface area (Å²) in [6.07, 6.45) is 3.50. The largest absolute Gasteiger partial charge is 0.477 e. The van der Waals surface area contributed by atoms with Crippen LogP contribution in [0.4, 0.5) is 0 Å². The van der Waals surface area contributed by atoms with E-state index in [1.165, 1.54) is 16.8 Å². The maximum atomic E-state index is 12.2. The number of carboxylic acid groups (broad SMARTS) is 1. The minimum atomic E-state index is -3.67. The summed E-state index contributed by atoms with van der Waals surface area (Å²) in [5.74, 6) is -1.12. The Morgan fingerprint density at radius 3 is 2.40 bits per heavy atom. The highest BCUT2D eigenvalue weighted by Gasteiger charge is 2.23. The molecule has 0 unspecified atom stereocenters. The highest BCUT2D eigenvalue weighted by atomic mass is 32.2. The highest BCUT2D eigenvalue weighted by molar-refractivity contribution is 7.89. The molecule has 0 aliphatic heterocycles. The lowest BCUT2D eigenvalue weighted by Crippen LogP contribution is -2.33. The van der Waals surface area contributed by atoms with E-state index in [9.17, 15) is 13.2 Å². The van der Waals surface area contributed by atoms with E-state index in [1.54, 1.807) is 0 Å². The molecule has 7 heteroatoms. The Bertz CT molecular complexity index is 559. The first kappa shape index (κ1) is 16.7. The SMILES string of the molecule is CCCn1cc(S(=O)(=O)NC(CC)CC)cc1C(=O)O. The minimum absolute atomic E-state index is 0.00299. The summed E-state index contributed by atoms with van der Waals surface area (Å²) in [4.78, 5) is 11.1. The zero-order valence-corrected chi connectivity index (χ0v) is 12.9. The number of sulfonamides is 1. The van der Waals surface area contributed by atoms with Crippen molar-refractivity contribution in [2.24, 2.45) is 0 Å². The maximum absolute atomic E-state index is 12.2. The van der Waals surface area contributed by atoms with Crippen molar-refractivity contribution in [1.82, 2.24) is 9.29 Å². The van der Waals surface area contributed by atoms with Gasteiger partial charge in [-0.3, -0.25) is 0 Å². The highest BCUT2D eigenvalue weighted by Crippen LogP contribution is 2.16. The first-order chi connectivity index (χ1) is 9.35. The second-order valence-corrected chi connectivity index (χ2v) is 6.41. The van der Waals surface area contributed by atoms with Gasteiger partial charge in [0.2, 0.25) is 10.0 Å². The summed E-state index contributed by atoms with van der Waals surface area (Å²) < 4.78 is 28.5. The van der Waals surface area contributed by atoms with E-state index < -0.39 is 16.0 Å². The lowest BCUT2D eigenvalue weighted by atomic mass is 10.2. The van der Waals surface area contributed by atoms with E-state index >= 15 is 0 Å². The molecular formula is C13H22N2O4S. The summed E-state index contributed by atoms with van der Waals surface area (Å²) in [6, 6.07) is 1.07. The van der Waals surface area contributed by atoms with Gasteiger partial charge in [-0.2, -0.15) is 0 Å². The molecule has 1 aromatic heterocycles. The van der Waals surface area contributed by atoms with Gasteiger partial charge in [-0.1, -0.05) is 20.8 Å². The standard InChI is InChI=1S/C13H22N2O4S/c1-4-7-15-9-11(8-12(15)13(16)17)20(18,19)14-10(5-2)6-3/h8-10,14H,4-7H2,1-3H3,(H,16,17). The predicted molar refractivity (Wildman–Crippen MR) is 76.4 cm³/mol. The minimum Gasteiger partial charge on any atom is -0.477 e. The van der Waals surface area contributed by atoms with Crippen LogP contribution in [0, 0.1) is 0 Å². The van der Waals surface area contributed by atoms with Crippen LogP contribution >= 0.6 is 0 Å². The van der Waals surface area contributed by atoms with E-state index in [1.807, 2.05) is 20.8 Å². The van der Waals surface area contributed by atoms with Gasteiger partial charge >= 0.3 is 5.97 Å². The van der Waals surface area contributed by atoms with Gasteiger partial charge in [-0.25, -0.2) is 17.9 Å². The van der Waals surface area contributed by atoms with Crippen LogP contribution in [0.1, 0.15) is 50.5 Å². The number of hydrogen-bond acceptors (Lipinski definition) is 3. The van der Waals surface area contributed by atoms with Crippen molar-refractivity contribution in [3.63, 3.8) is 0 Å². The average molecular weight is 302 g/mol. The maximum Gasteiger partial charge on any atom is 0.352 e. The normalized spacial score (nSPS) is 12.0. The fourth-order valence-electron chi connectivity index (χ4n) is 1.98. The average Bonchev–Trinajstić information content (AvgIpc) is 2.81. The van der Waals surface area contributed by atoms with Gasteiger partial charge in [0, 0.05) is 18.8 Å². The molecule has 1 aromatic rings. The molecule has 20 heavy (non-hydrogen) atoms. The summed E-state index contributed by atoms with van der Waals surface area (Å²) in [5, 5.41) is 9.11. The predicted octanol–water partition coefficient (Wildman–Crippen LogP) is 2.06. The fraction of sp³-hybridized carbons (Fsp3) is 0.615. The van der Waals surface area contributed by atoms with Gasteiger partial charge in [0.05, 0.1) is 0 Å². The van der Waals surface area contributed by atoms with E-state index in [0.29, 0.717) is 19.4 Å². The molecule has 0 aromatic carbocycles. The molecule has 114 valence electrons. The molecule has 0 amide bonds. The lowest BCUT2D eigenvalue weighted by Gasteiger charge is -2.13. The molecule has 0 aliphatic carbocycles. The van der Waals surface area contributed by atoms with Crippen molar-refractivity contribution in [1.29, 1.82) is 0 Å². The van der Waals surface area contributed by atoms with Crippen LogP contribution in [0.15, 0.2) is 17.2 Å². The van der Waals surface area contributed by atoms with Gasteiger partial charge < -0.3 is 9.67 Å². The van der Waals surface area contributed by atoms with Gasteiger partial charge in [0.1, 0.15) is 10.6 Å². The van der Waals surface area contributed by atoms with E-state index in [-0.39, 0.29) is 16.6 Å². The van der Waals surface area contributed by atoms with Gasteiger partial charge in [0.25, 0.3) is 0 Å². The molecule has 0 saturated heterocycles. The number of rotatable bonds is 8. The molecule has 1 heterocycles. The quantitative estimate of drug-likeness (QED) is 0.769. The molecule has 0 atom stereocenters. The Morgan fingerprint density at radius 1 is 1.35 bits per heavy atom. The van der Waals surface area contributed by atoms with Crippen molar-refractivity contribution >= 4 is 16.0 Å². The Morgan fingerprint density at radius 2 is 1.95 bits per heavy atom. The summed E-state index contributed by atoms with van der Waals surface area (Å²) in [7, 11) is -3.67. The fourth-order valence-corrected chi connectivity index (χ4v) is 3.42. The third kappa shape index (κ3) is 3.83. The number of aryl methyl sites for hydroxylation is 1. The monoisotopic (exact) mass is 302 g/mol. The van der Waals surface area contributed by atoms with Crippen LogP contribution < -0.4 is 4.72 Å². The van der Waals surface area contributed by atoms with Crippen LogP contribution in [0.25, 0.3) is 0 Å². The van der Waals surface area contributed by atoms with E-state index in [4.69, 9.17) is 5.11 Å². The van der Waals surface area contributed by atoms with Crippen LogP contribution in [-0.4, -0.2) is 30.1 Å². The molecule has 0 bridgehead atoms. The topological polar surface area (TPSA) is 88.4 Å². The van der Waals surface area contributed by atoms with E-state index in [2.05, 4.69) is 4.72 Å². The molecule has 0 radical (unpaired) electrons. The number of nitrogens with zero attached hydrogens (tertiary/aromatic N) is 1. The molecule has 2 N–H and O–H groups in total. The van der Waals surface area contributed by atoms with Crippen molar-refractivity contribution in [2.75, 3.05) is 0 Å². The molecule has 0 spiro atoms. The lowest BCUT2D eigenvalue weighted by molar-refractivity contribution is 0.0685. The van der Waals surface area contributed by atoms with Gasteiger partial charge in [-0.15, -0.1) is 0 Å². The molecule has 0 fully saturated rings. The second-order valence-electron chi connectivity index (χ2n) is 4.69. The number of aromatic carboxylic acids is 1. The first-order valence-corrected chi connectivity index (χ1v) is 8.29. The van der Waals surface area contributed by atoms with Gasteiger partial charge in [0.15, 0.2) is 0 Å². The van der Waals surface area contributed by atoms with Crippen molar-refractivity contribution < 1.29 is 18.3 Å². The van der Waals surface area contributed by atoms with Crippen LogP contribution in [-0.2, 0) is 16.6 Å². The zero-order chi connectivity index (χ0) is 15.3.